The number of halogens is 3. The zero-order valence-corrected chi connectivity index (χ0v) is 10.5. The fourth-order valence-corrected chi connectivity index (χ4v) is 1.20. The molecular weight excluding hydrogens is 258 g/mol. The van der Waals surface area contributed by atoms with Crippen LogP contribution in [0.5, 0.6) is 0 Å². The van der Waals surface area contributed by atoms with Gasteiger partial charge in [0.05, 0.1) is 10.6 Å². The van der Waals surface area contributed by atoms with Gasteiger partial charge in [-0.1, -0.05) is 11.6 Å². The van der Waals surface area contributed by atoms with Gasteiger partial charge in [-0.15, -0.1) is 24.8 Å². The number of pyridine rings is 1. The van der Waals surface area contributed by atoms with Gasteiger partial charge in [0.1, 0.15) is 0 Å². The molecule has 0 saturated carbocycles. The quantitative estimate of drug-likeness (QED) is 0.859. The van der Waals surface area contributed by atoms with Gasteiger partial charge in [0.15, 0.2) is 5.78 Å². The molecule has 0 radical (unpaired) electrons. The molecule has 0 amide bonds. The van der Waals surface area contributed by atoms with E-state index in [-0.39, 0.29) is 36.6 Å². The highest BCUT2D eigenvalue weighted by molar-refractivity contribution is 6.33. The van der Waals surface area contributed by atoms with E-state index in [0.717, 1.165) is 0 Å². The summed E-state index contributed by atoms with van der Waals surface area (Å²) in [5.41, 5.74) is 5.94. The highest BCUT2D eigenvalue weighted by atomic mass is 35.5. The maximum Gasteiger partial charge on any atom is 0.167 e. The highest BCUT2D eigenvalue weighted by Gasteiger charge is 2.11. The number of rotatable bonds is 3. The van der Waals surface area contributed by atoms with Crippen molar-refractivity contribution in [3.05, 3.63) is 29.0 Å². The van der Waals surface area contributed by atoms with Crippen LogP contribution in [0.15, 0.2) is 18.5 Å². The lowest BCUT2D eigenvalue weighted by atomic mass is 10.1. The molecular formula is C9H13Cl3N2O. The Balaban J connectivity index is 0. The second-order valence-corrected chi connectivity index (χ2v) is 3.37. The second kappa shape index (κ2) is 7.88. The number of hydrogen-bond donors (Lipinski definition) is 1. The van der Waals surface area contributed by atoms with Gasteiger partial charge in [0.25, 0.3) is 0 Å². The van der Waals surface area contributed by atoms with Gasteiger partial charge < -0.3 is 5.73 Å². The normalized spacial score (nSPS) is 10.9. The van der Waals surface area contributed by atoms with E-state index in [1.165, 1.54) is 6.20 Å². The molecule has 0 bridgehead atoms. The van der Waals surface area contributed by atoms with Gasteiger partial charge in [-0.25, -0.2) is 0 Å². The van der Waals surface area contributed by atoms with Crippen molar-refractivity contribution in [2.75, 3.05) is 0 Å². The smallest absolute Gasteiger partial charge is 0.167 e. The van der Waals surface area contributed by atoms with Gasteiger partial charge >= 0.3 is 0 Å². The first-order valence-corrected chi connectivity index (χ1v) is 4.37. The molecule has 1 aromatic heterocycles. The lowest BCUT2D eigenvalue weighted by molar-refractivity contribution is 0.0976. The van der Waals surface area contributed by atoms with Crippen molar-refractivity contribution in [1.29, 1.82) is 0 Å². The number of Topliss-reactive ketones (excluding diaryl/α,β-unsaturated/α-hetero) is 1. The SMILES string of the molecule is CC(N)CC(=O)c1cnccc1Cl.Cl.Cl. The van der Waals surface area contributed by atoms with Crippen LogP contribution in [0.1, 0.15) is 23.7 Å². The molecule has 0 aliphatic heterocycles. The molecule has 1 atom stereocenters. The summed E-state index contributed by atoms with van der Waals surface area (Å²) in [5.74, 6) is -0.0619. The molecule has 3 nitrogen and oxygen atoms in total. The maximum atomic E-state index is 11.5. The largest absolute Gasteiger partial charge is 0.328 e. The van der Waals surface area contributed by atoms with Crippen LogP contribution in [0.3, 0.4) is 0 Å². The van der Waals surface area contributed by atoms with E-state index in [1.54, 1.807) is 19.2 Å². The highest BCUT2D eigenvalue weighted by Crippen LogP contribution is 2.15. The monoisotopic (exact) mass is 270 g/mol. The van der Waals surface area contributed by atoms with E-state index < -0.39 is 0 Å². The first-order chi connectivity index (χ1) is 6.11. The standard InChI is InChI=1S/C9H11ClN2O.2ClH/c1-6(11)4-9(13)7-5-12-3-2-8(7)10;;/h2-3,5-6H,4,11H2,1H3;2*1H. The predicted octanol–water partition coefficient (Wildman–Crippen LogP) is 2.50. The first kappa shape index (κ1) is 17.1. The molecule has 0 aliphatic carbocycles. The van der Waals surface area contributed by atoms with Crippen LogP contribution < -0.4 is 5.73 Å². The third-order valence-electron chi connectivity index (χ3n) is 1.58. The van der Waals surface area contributed by atoms with E-state index in [0.29, 0.717) is 17.0 Å². The van der Waals surface area contributed by atoms with Crippen molar-refractivity contribution < 1.29 is 4.79 Å². The lowest BCUT2D eigenvalue weighted by Crippen LogP contribution is -2.19. The van der Waals surface area contributed by atoms with Crippen molar-refractivity contribution >= 4 is 42.2 Å². The van der Waals surface area contributed by atoms with Crippen molar-refractivity contribution in [1.82, 2.24) is 4.98 Å². The van der Waals surface area contributed by atoms with Crippen LogP contribution >= 0.6 is 36.4 Å². The van der Waals surface area contributed by atoms with Gasteiger partial charge in [0, 0.05) is 24.9 Å². The predicted molar refractivity (Wildman–Crippen MR) is 66.3 cm³/mol. The average molecular weight is 272 g/mol. The minimum Gasteiger partial charge on any atom is -0.328 e. The summed E-state index contributed by atoms with van der Waals surface area (Å²) in [6, 6.07) is 1.44. The zero-order valence-electron chi connectivity index (χ0n) is 8.14. The van der Waals surface area contributed by atoms with Crippen LogP contribution in [0.2, 0.25) is 5.02 Å². The Labute approximate surface area is 106 Å². The van der Waals surface area contributed by atoms with Crippen LogP contribution in [0, 0.1) is 0 Å². The molecule has 2 N–H and O–H groups in total. The molecule has 0 aromatic carbocycles. The molecule has 6 heteroatoms. The number of carbonyl (C=O) groups excluding carboxylic acids is 1. The van der Waals surface area contributed by atoms with Gasteiger partial charge in [0.2, 0.25) is 0 Å². The summed E-state index contributed by atoms with van der Waals surface area (Å²) in [7, 11) is 0. The number of hydrogen-bond acceptors (Lipinski definition) is 3. The van der Waals surface area contributed by atoms with Gasteiger partial charge in [-0.2, -0.15) is 0 Å². The second-order valence-electron chi connectivity index (χ2n) is 2.96. The van der Waals surface area contributed by atoms with Crippen molar-refractivity contribution in [2.45, 2.75) is 19.4 Å². The molecule has 15 heavy (non-hydrogen) atoms. The molecule has 0 aliphatic rings. The lowest BCUT2D eigenvalue weighted by Gasteiger charge is -2.04. The van der Waals surface area contributed by atoms with Gasteiger partial charge in [-0.3, -0.25) is 9.78 Å². The summed E-state index contributed by atoms with van der Waals surface area (Å²) in [5, 5.41) is 0.431. The molecule has 1 heterocycles. The molecule has 1 rings (SSSR count). The van der Waals surface area contributed by atoms with Crippen molar-refractivity contribution in [3.8, 4) is 0 Å². The van der Waals surface area contributed by atoms with E-state index >= 15 is 0 Å². The molecule has 1 unspecified atom stereocenters. The van der Waals surface area contributed by atoms with E-state index in [4.69, 9.17) is 17.3 Å². The van der Waals surface area contributed by atoms with E-state index in [9.17, 15) is 4.79 Å². The molecule has 1 aromatic rings. The summed E-state index contributed by atoms with van der Waals surface area (Å²) in [6.45, 7) is 1.78. The molecule has 0 saturated heterocycles. The van der Waals surface area contributed by atoms with Crippen molar-refractivity contribution in [3.63, 3.8) is 0 Å². The third kappa shape index (κ3) is 5.33. The van der Waals surface area contributed by atoms with Crippen LogP contribution in [0.25, 0.3) is 0 Å². The Bertz CT molecular complexity index is 318. The minimum atomic E-state index is -0.149. The maximum absolute atomic E-state index is 11.5. The minimum absolute atomic E-state index is 0. The summed E-state index contributed by atoms with van der Waals surface area (Å²) >= 11 is 5.80. The average Bonchev–Trinajstić information content (AvgIpc) is 2.03. The summed E-state index contributed by atoms with van der Waals surface area (Å²) in [4.78, 5) is 15.3. The Hall–Kier alpha value is -0.350. The number of carbonyl (C=O) groups is 1. The Kier molecular flexibility index (Phi) is 8.96. The molecule has 86 valence electrons. The fraction of sp³-hybridized carbons (Fsp3) is 0.333. The zero-order chi connectivity index (χ0) is 9.84. The van der Waals surface area contributed by atoms with Crippen LogP contribution in [-0.2, 0) is 0 Å². The number of nitrogens with zero attached hydrogens (tertiary/aromatic N) is 1. The molecule has 0 fully saturated rings. The first-order valence-electron chi connectivity index (χ1n) is 3.99. The Morgan fingerprint density at radius 3 is 2.67 bits per heavy atom. The van der Waals surface area contributed by atoms with E-state index in [2.05, 4.69) is 4.98 Å². The van der Waals surface area contributed by atoms with Crippen molar-refractivity contribution in [2.24, 2.45) is 5.73 Å². The van der Waals surface area contributed by atoms with Crippen LogP contribution in [0.4, 0.5) is 0 Å². The number of aromatic nitrogens is 1. The topological polar surface area (TPSA) is 56.0 Å². The van der Waals surface area contributed by atoms with Gasteiger partial charge in [-0.05, 0) is 13.0 Å². The van der Waals surface area contributed by atoms with Crippen LogP contribution in [-0.4, -0.2) is 16.8 Å². The van der Waals surface area contributed by atoms with E-state index in [1.807, 2.05) is 0 Å². The summed E-state index contributed by atoms with van der Waals surface area (Å²) < 4.78 is 0. The fourth-order valence-electron chi connectivity index (χ4n) is 0.985. The third-order valence-corrected chi connectivity index (χ3v) is 1.91. The summed E-state index contributed by atoms with van der Waals surface area (Å²) in [6.07, 6.45) is 3.31. The number of nitrogens with two attached hydrogens (primary N) is 1. The Morgan fingerprint density at radius 2 is 2.20 bits per heavy atom. The number of ketones is 1. The molecule has 0 spiro atoms. The Morgan fingerprint density at radius 1 is 1.60 bits per heavy atom.